The van der Waals surface area contributed by atoms with Gasteiger partial charge in [-0.2, -0.15) is 0 Å². The van der Waals surface area contributed by atoms with E-state index in [-0.39, 0.29) is 10.8 Å². The number of unbranched alkanes of at least 4 members (excludes halogenated alkanes) is 4. The van der Waals surface area contributed by atoms with Crippen molar-refractivity contribution in [2.75, 3.05) is 0 Å². The minimum Gasteiger partial charge on any atom is -0.508 e. The maximum absolute atomic E-state index is 10.9. The second-order valence-corrected chi connectivity index (χ2v) is 8.81. The van der Waals surface area contributed by atoms with Crippen LogP contribution in [0.25, 0.3) is 0 Å². The van der Waals surface area contributed by atoms with Crippen LogP contribution in [0.4, 0.5) is 0 Å². The van der Waals surface area contributed by atoms with Gasteiger partial charge in [-0.1, -0.05) is 74.1 Å². The van der Waals surface area contributed by atoms with Crippen LogP contribution >= 0.6 is 0 Å². The summed E-state index contributed by atoms with van der Waals surface area (Å²) in [5, 5.41) is 21.5. The Morgan fingerprint density at radius 1 is 0.826 bits per heavy atom. The lowest BCUT2D eigenvalue weighted by atomic mass is 9.76. The summed E-state index contributed by atoms with van der Waals surface area (Å²) in [6, 6.07) is 1.77. The van der Waals surface area contributed by atoms with Crippen LogP contribution in [-0.2, 0) is 17.3 Å². The van der Waals surface area contributed by atoms with Crippen molar-refractivity contribution in [1.29, 1.82) is 0 Å². The van der Waals surface area contributed by atoms with E-state index in [1.165, 1.54) is 25.7 Å². The summed E-state index contributed by atoms with van der Waals surface area (Å²) in [5.74, 6) is 0.708. The van der Waals surface area contributed by atoms with Crippen molar-refractivity contribution in [3.8, 4) is 11.5 Å². The maximum atomic E-state index is 10.9. The van der Waals surface area contributed by atoms with Gasteiger partial charge in [-0.15, -0.1) is 0 Å². The third kappa shape index (κ3) is 5.16. The van der Waals surface area contributed by atoms with Crippen molar-refractivity contribution in [1.82, 2.24) is 0 Å². The lowest BCUT2D eigenvalue weighted by Gasteiger charge is -2.30. The van der Waals surface area contributed by atoms with E-state index in [4.69, 9.17) is 0 Å². The SMILES string of the molecule is CCCCCCCc1c(O)cc(C(C)(C)C)c(O)c1C(C)(C)C. The molecule has 0 aliphatic carbocycles. The molecule has 1 aromatic carbocycles. The molecule has 0 unspecified atom stereocenters. The van der Waals surface area contributed by atoms with E-state index >= 15 is 0 Å². The van der Waals surface area contributed by atoms with Gasteiger partial charge in [0.15, 0.2) is 0 Å². The quantitative estimate of drug-likeness (QED) is 0.483. The van der Waals surface area contributed by atoms with Crippen LogP contribution in [0.15, 0.2) is 6.07 Å². The molecule has 1 rings (SSSR count). The fourth-order valence-electron chi connectivity index (χ4n) is 3.24. The number of rotatable bonds is 6. The number of benzene rings is 1. The predicted octanol–water partition coefficient (Wildman–Crippen LogP) is 6.21. The van der Waals surface area contributed by atoms with Gasteiger partial charge in [0.1, 0.15) is 11.5 Å². The van der Waals surface area contributed by atoms with Gasteiger partial charge in [0.05, 0.1) is 0 Å². The van der Waals surface area contributed by atoms with Gasteiger partial charge in [-0.3, -0.25) is 0 Å². The van der Waals surface area contributed by atoms with Gasteiger partial charge in [0, 0.05) is 16.7 Å². The van der Waals surface area contributed by atoms with E-state index in [1.54, 1.807) is 6.07 Å². The molecule has 0 aromatic heterocycles. The van der Waals surface area contributed by atoms with Gasteiger partial charge in [0.25, 0.3) is 0 Å². The van der Waals surface area contributed by atoms with E-state index in [1.807, 2.05) is 0 Å². The van der Waals surface area contributed by atoms with Crippen LogP contribution in [0.1, 0.15) is 97.3 Å². The van der Waals surface area contributed by atoms with Crippen LogP contribution in [0.2, 0.25) is 0 Å². The number of phenolic OH excluding ortho intramolecular Hbond substituents is 2. The lowest BCUT2D eigenvalue weighted by molar-refractivity contribution is 0.406. The Morgan fingerprint density at radius 2 is 1.39 bits per heavy atom. The Labute approximate surface area is 142 Å². The molecule has 1 aromatic rings. The standard InChI is InChI=1S/C21H36O2/c1-8-9-10-11-12-13-15-17(22)14-16(20(2,3)4)19(23)18(15)21(5,6)7/h14,22-23H,8-13H2,1-7H3. The first-order chi connectivity index (χ1) is 10.5. The molecule has 0 saturated carbocycles. The molecule has 0 heterocycles. The smallest absolute Gasteiger partial charge is 0.123 e. The Kier molecular flexibility index (Phi) is 6.56. The summed E-state index contributed by atoms with van der Waals surface area (Å²) in [7, 11) is 0. The van der Waals surface area contributed by atoms with E-state index in [0.717, 1.165) is 29.5 Å². The number of hydrogen-bond acceptors (Lipinski definition) is 2. The summed E-state index contributed by atoms with van der Waals surface area (Å²) < 4.78 is 0. The first-order valence-corrected chi connectivity index (χ1v) is 9.09. The number of aromatic hydroxyl groups is 2. The van der Waals surface area contributed by atoms with E-state index in [0.29, 0.717) is 11.5 Å². The minimum atomic E-state index is -0.193. The maximum Gasteiger partial charge on any atom is 0.123 e. The van der Waals surface area contributed by atoms with E-state index < -0.39 is 0 Å². The molecule has 2 nitrogen and oxygen atoms in total. The molecule has 2 heteroatoms. The summed E-state index contributed by atoms with van der Waals surface area (Å²) >= 11 is 0. The van der Waals surface area contributed by atoms with Crippen LogP contribution in [-0.4, -0.2) is 10.2 Å². The van der Waals surface area contributed by atoms with Crippen molar-refractivity contribution < 1.29 is 10.2 Å². The Bertz CT molecular complexity index is 516. The van der Waals surface area contributed by atoms with Crippen molar-refractivity contribution >= 4 is 0 Å². The largest absolute Gasteiger partial charge is 0.508 e. The molecule has 0 bridgehead atoms. The Balaban J connectivity index is 3.22. The lowest BCUT2D eigenvalue weighted by Crippen LogP contribution is -2.19. The van der Waals surface area contributed by atoms with Crippen molar-refractivity contribution in [2.24, 2.45) is 0 Å². The number of phenols is 2. The van der Waals surface area contributed by atoms with Gasteiger partial charge < -0.3 is 10.2 Å². The van der Waals surface area contributed by atoms with Crippen molar-refractivity contribution in [3.05, 3.63) is 22.8 Å². The molecular weight excluding hydrogens is 284 g/mol. The minimum absolute atomic E-state index is 0.193. The molecule has 2 N–H and O–H groups in total. The fourth-order valence-corrected chi connectivity index (χ4v) is 3.24. The number of hydrogen-bond donors (Lipinski definition) is 2. The molecule has 0 saturated heterocycles. The summed E-state index contributed by atoms with van der Waals surface area (Å²) in [6.45, 7) is 14.7. The van der Waals surface area contributed by atoms with Crippen molar-refractivity contribution in [2.45, 2.75) is 97.8 Å². The summed E-state index contributed by atoms with van der Waals surface area (Å²) in [4.78, 5) is 0. The summed E-state index contributed by atoms with van der Waals surface area (Å²) in [6.07, 6.45) is 6.82. The first kappa shape index (κ1) is 19.9. The first-order valence-electron chi connectivity index (χ1n) is 9.09. The van der Waals surface area contributed by atoms with Gasteiger partial charge in [-0.05, 0) is 29.7 Å². The highest BCUT2D eigenvalue weighted by molar-refractivity contribution is 5.57. The van der Waals surface area contributed by atoms with Crippen LogP contribution in [0.3, 0.4) is 0 Å². The van der Waals surface area contributed by atoms with Crippen LogP contribution < -0.4 is 0 Å². The average Bonchev–Trinajstić information content (AvgIpc) is 2.39. The molecule has 0 atom stereocenters. The third-order valence-corrected chi connectivity index (χ3v) is 4.47. The zero-order valence-electron chi connectivity index (χ0n) is 16.2. The normalized spacial score (nSPS) is 12.7. The Morgan fingerprint density at radius 3 is 1.87 bits per heavy atom. The van der Waals surface area contributed by atoms with Gasteiger partial charge >= 0.3 is 0 Å². The molecular formula is C21H36O2. The van der Waals surface area contributed by atoms with Crippen molar-refractivity contribution in [3.63, 3.8) is 0 Å². The third-order valence-electron chi connectivity index (χ3n) is 4.47. The zero-order chi connectivity index (χ0) is 17.8. The molecule has 132 valence electrons. The molecule has 0 amide bonds. The molecule has 0 aliphatic rings. The van der Waals surface area contributed by atoms with E-state index in [2.05, 4.69) is 48.5 Å². The second-order valence-electron chi connectivity index (χ2n) is 8.81. The highest BCUT2D eigenvalue weighted by Crippen LogP contribution is 2.45. The van der Waals surface area contributed by atoms with E-state index in [9.17, 15) is 10.2 Å². The fraction of sp³-hybridized carbons (Fsp3) is 0.714. The highest BCUT2D eigenvalue weighted by Gasteiger charge is 2.30. The molecule has 0 radical (unpaired) electrons. The van der Waals surface area contributed by atoms with Crippen LogP contribution in [0, 0.1) is 0 Å². The molecule has 0 fully saturated rings. The van der Waals surface area contributed by atoms with Crippen LogP contribution in [0.5, 0.6) is 11.5 Å². The molecule has 0 spiro atoms. The topological polar surface area (TPSA) is 40.5 Å². The molecule has 23 heavy (non-hydrogen) atoms. The van der Waals surface area contributed by atoms with Gasteiger partial charge in [0.2, 0.25) is 0 Å². The summed E-state index contributed by atoms with van der Waals surface area (Å²) in [5.41, 5.74) is 2.29. The highest BCUT2D eigenvalue weighted by atomic mass is 16.3. The second kappa shape index (κ2) is 7.59. The molecule has 0 aliphatic heterocycles. The monoisotopic (exact) mass is 320 g/mol. The zero-order valence-corrected chi connectivity index (χ0v) is 16.2. The predicted molar refractivity (Wildman–Crippen MR) is 99.6 cm³/mol. The Hall–Kier alpha value is -1.18. The average molecular weight is 321 g/mol. The van der Waals surface area contributed by atoms with Gasteiger partial charge in [-0.25, -0.2) is 0 Å².